The third-order valence-electron chi connectivity index (χ3n) is 2.79. The molecule has 1 aromatic rings. The van der Waals surface area contributed by atoms with Crippen molar-refractivity contribution in [2.45, 2.75) is 31.3 Å². The second-order valence-electron chi connectivity index (χ2n) is 4.13. The van der Waals surface area contributed by atoms with Crippen LogP contribution in [-0.4, -0.2) is 16.4 Å². The lowest BCUT2D eigenvalue weighted by atomic mass is 10.1. The number of hydrogen-bond acceptors (Lipinski definition) is 3. The number of aromatic nitrogens is 1. The van der Waals surface area contributed by atoms with Crippen molar-refractivity contribution in [3.05, 3.63) is 30.1 Å². The topological polar surface area (TPSA) is 68.0 Å². The van der Waals surface area contributed by atoms with E-state index in [1.165, 1.54) is 0 Å². The van der Waals surface area contributed by atoms with E-state index in [1.807, 2.05) is 19.1 Å². The van der Waals surface area contributed by atoms with Crippen LogP contribution < -0.4 is 11.1 Å². The van der Waals surface area contributed by atoms with Gasteiger partial charge in [-0.1, -0.05) is 0 Å². The smallest absolute Gasteiger partial charge is 0.240 e. The van der Waals surface area contributed by atoms with Crippen LogP contribution in [0.25, 0.3) is 0 Å². The summed E-state index contributed by atoms with van der Waals surface area (Å²) in [7, 11) is 0. The molecule has 15 heavy (non-hydrogen) atoms. The first-order valence-corrected chi connectivity index (χ1v) is 5.12. The fourth-order valence-corrected chi connectivity index (χ4v) is 1.44. The molecule has 4 nitrogen and oxygen atoms in total. The number of hydrogen-bond donors (Lipinski definition) is 2. The standard InChI is InChI=1S/C11H15N3O/c1-8(9-2-6-13-7-3-9)14-10(15)11(12)4-5-11/h2-3,6-8H,4-5,12H2,1H3,(H,14,15)/t8-/m1/s1. The van der Waals surface area contributed by atoms with Gasteiger partial charge in [-0.15, -0.1) is 0 Å². The molecule has 1 aliphatic carbocycles. The highest BCUT2D eigenvalue weighted by Gasteiger charge is 2.46. The number of carbonyl (C=O) groups is 1. The summed E-state index contributed by atoms with van der Waals surface area (Å²) in [5.74, 6) is -0.0492. The van der Waals surface area contributed by atoms with Crippen molar-refractivity contribution in [3.63, 3.8) is 0 Å². The highest BCUT2D eigenvalue weighted by atomic mass is 16.2. The Morgan fingerprint density at radius 2 is 2.13 bits per heavy atom. The monoisotopic (exact) mass is 205 g/mol. The van der Waals surface area contributed by atoms with Crippen LogP contribution in [0.5, 0.6) is 0 Å². The van der Waals surface area contributed by atoms with Crippen molar-refractivity contribution in [1.29, 1.82) is 0 Å². The van der Waals surface area contributed by atoms with Crippen molar-refractivity contribution >= 4 is 5.91 Å². The number of pyridine rings is 1. The van der Waals surface area contributed by atoms with Crippen LogP contribution >= 0.6 is 0 Å². The molecule has 80 valence electrons. The summed E-state index contributed by atoms with van der Waals surface area (Å²) in [4.78, 5) is 15.6. The predicted molar refractivity (Wildman–Crippen MR) is 56.9 cm³/mol. The molecule has 4 heteroatoms. The molecule has 2 rings (SSSR count). The van der Waals surface area contributed by atoms with Gasteiger partial charge in [0.15, 0.2) is 0 Å². The number of carbonyl (C=O) groups excluding carboxylic acids is 1. The van der Waals surface area contributed by atoms with E-state index in [4.69, 9.17) is 5.73 Å². The average molecular weight is 205 g/mol. The van der Waals surface area contributed by atoms with Gasteiger partial charge in [-0.25, -0.2) is 0 Å². The van der Waals surface area contributed by atoms with Gasteiger partial charge in [0.25, 0.3) is 0 Å². The largest absolute Gasteiger partial charge is 0.348 e. The molecule has 0 unspecified atom stereocenters. The fourth-order valence-electron chi connectivity index (χ4n) is 1.44. The lowest BCUT2D eigenvalue weighted by molar-refractivity contribution is -0.123. The minimum absolute atomic E-state index is 0.0125. The Labute approximate surface area is 88.9 Å². The van der Waals surface area contributed by atoms with Gasteiger partial charge in [0.1, 0.15) is 0 Å². The molecular weight excluding hydrogens is 190 g/mol. The van der Waals surface area contributed by atoms with Crippen LogP contribution in [-0.2, 0) is 4.79 Å². The van der Waals surface area contributed by atoms with Crippen LogP contribution in [0.1, 0.15) is 31.4 Å². The molecule has 1 aliphatic rings. The number of nitrogens with one attached hydrogen (secondary N) is 1. The first-order valence-electron chi connectivity index (χ1n) is 5.12. The van der Waals surface area contributed by atoms with Gasteiger partial charge in [-0.3, -0.25) is 9.78 Å². The maximum absolute atomic E-state index is 11.7. The van der Waals surface area contributed by atoms with Crippen LogP contribution in [0.4, 0.5) is 0 Å². The quantitative estimate of drug-likeness (QED) is 0.765. The van der Waals surface area contributed by atoms with E-state index in [1.54, 1.807) is 12.4 Å². The summed E-state index contributed by atoms with van der Waals surface area (Å²) < 4.78 is 0. The predicted octanol–water partition coefficient (Wildman–Crippen LogP) is 0.750. The summed E-state index contributed by atoms with van der Waals surface area (Å²) in [5.41, 5.74) is 6.24. The molecule has 1 atom stereocenters. The SMILES string of the molecule is C[C@@H](NC(=O)C1(N)CC1)c1ccncc1. The Hall–Kier alpha value is -1.42. The maximum Gasteiger partial charge on any atom is 0.240 e. The first kappa shape index (κ1) is 10.1. The van der Waals surface area contributed by atoms with Gasteiger partial charge in [0, 0.05) is 12.4 Å². The molecule has 3 N–H and O–H groups in total. The molecule has 0 aromatic carbocycles. The van der Waals surface area contributed by atoms with E-state index >= 15 is 0 Å². The summed E-state index contributed by atoms with van der Waals surface area (Å²) in [6, 6.07) is 3.77. The number of amides is 1. The summed E-state index contributed by atoms with van der Waals surface area (Å²) in [6.07, 6.45) is 5.02. The van der Waals surface area contributed by atoms with Gasteiger partial charge in [0.05, 0.1) is 11.6 Å². The molecule has 0 radical (unpaired) electrons. The summed E-state index contributed by atoms with van der Waals surface area (Å²) >= 11 is 0. The second-order valence-corrected chi connectivity index (χ2v) is 4.13. The van der Waals surface area contributed by atoms with E-state index in [9.17, 15) is 4.79 Å². The second kappa shape index (κ2) is 3.62. The molecule has 0 bridgehead atoms. The van der Waals surface area contributed by atoms with Gasteiger partial charge < -0.3 is 11.1 Å². The third kappa shape index (κ3) is 2.15. The van der Waals surface area contributed by atoms with Crippen LogP contribution in [0.2, 0.25) is 0 Å². The Morgan fingerprint density at radius 1 is 1.53 bits per heavy atom. The fraction of sp³-hybridized carbons (Fsp3) is 0.455. The number of nitrogens with two attached hydrogens (primary N) is 1. The maximum atomic E-state index is 11.7. The molecule has 0 saturated heterocycles. The first-order chi connectivity index (χ1) is 7.12. The van der Waals surface area contributed by atoms with E-state index in [2.05, 4.69) is 10.3 Å². The van der Waals surface area contributed by atoms with Gasteiger partial charge >= 0.3 is 0 Å². The molecule has 0 spiro atoms. The Morgan fingerprint density at radius 3 is 2.67 bits per heavy atom. The summed E-state index contributed by atoms with van der Waals surface area (Å²) in [5, 5.41) is 2.91. The van der Waals surface area contributed by atoms with Crippen molar-refractivity contribution in [1.82, 2.24) is 10.3 Å². The lowest BCUT2D eigenvalue weighted by Gasteiger charge is -2.16. The van der Waals surface area contributed by atoms with Gasteiger partial charge in [-0.05, 0) is 37.5 Å². The average Bonchev–Trinajstić information content (AvgIpc) is 2.99. The third-order valence-corrected chi connectivity index (χ3v) is 2.79. The van der Waals surface area contributed by atoms with E-state index < -0.39 is 5.54 Å². The lowest BCUT2D eigenvalue weighted by Crippen LogP contribution is -2.43. The zero-order valence-corrected chi connectivity index (χ0v) is 8.73. The molecule has 1 fully saturated rings. The number of rotatable bonds is 3. The molecular formula is C11H15N3O. The van der Waals surface area contributed by atoms with Crippen LogP contribution in [0.3, 0.4) is 0 Å². The minimum atomic E-state index is -0.596. The van der Waals surface area contributed by atoms with E-state index in [-0.39, 0.29) is 11.9 Å². The van der Waals surface area contributed by atoms with Crippen molar-refractivity contribution < 1.29 is 4.79 Å². The molecule has 1 amide bonds. The highest BCUT2D eigenvalue weighted by molar-refractivity contribution is 5.89. The highest BCUT2D eigenvalue weighted by Crippen LogP contribution is 2.32. The molecule has 1 heterocycles. The van der Waals surface area contributed by atoms with Crippen molar-refractivity contribution in [2.75, 3.05) is 0 Å². The van der Waals surface area contributed by atoms with Crippen molar-refractivity contribution in [2.24, 2.45) is 5.73 Å². The summed E-state index contributed by atoms with van der Waals surface area (Å²) in [6.45, 7) is 1.94. The van der Waals surface area contributed by atoms with Crippen molar-refractivity contribution in [3.8, 4) is 0 Å². The minimum Gasteiger partial charge on any atom is -0.348 e. The van der Waals surface area contributed by atoms with Crippen LogP contribution in [0.15, 0.2) is 24.5 Å². The van der Waals surface area contributed by atoms with Gasteiger partial charge in [-0.2, -0.15) is 0 Å². The Kier molecular flexibility index (Phi) is 2.44. The van der Waals surface area contributed by atoms with Gasteiger partial charge in [0.2, 0.25) is 5.91 Å². The Balaban J connectivity index is 1.98. The van der Waals surface area contributed by atoms with Crippen LogP contribution in [0, 0.1) is 0 Å². The molecule has 1 saturated carbocycles. The van der Waals surface area contributed by atoms with E-state index in [0.717, 1.165) is 18.4 Å². The Bertz CT molecular complexity index is 359. The molecule has 0 aliphatic heterocycles. The molecule has 1 aromatic heterocycles. The number of nitrogens with zero attached hydrogens (tertiary/aromatic N) is 1. The zero-order valence-electron chi connectivity index (χ0n) is 8.73. The zero-order chi connectivity index (χ0) is 10.9. The normalized spacial score (nSPS) is 19.3. The van der Waals surface area contributed by atoms with E-state index in [0.29, 0.717) is 0 Å².